The van der Waals surface area contributed by atoms with Crippen molar-refractivity contribution in [3.63, 3.8) is 0 Å². The standard InChI is InChI=1S/C9H16FN.C9H16N2O.C9H13N.C7H12/c1-7(11)8-3-5-9(2,10)6-4-8;1-4-6-10-7-9(12)11(5-2)8(10)3;10-8-4-7-9-5-2-1-3-6-9;1-2-4-7-5-3-6-7/h8H,1,3-6,11H2,2H3;3-7H2,1-2H3;1-3,5-6H,4,7-8,10H2;2,7H,1,3-6H2. The summed E-state index contributed by atoms with van der Waals surface area (Å²) in [4.78, 5) is 15.1. The summed E-state index contributed by atoms with van der Waals surface area (Å²) in [6.45, 7) is 20.0. The summed E-state index contributed by atoms with van der Waals surface area (Å²) < 4.78 is 13.2. The number of rotatable bonds is 9. The highest BCUT2D eigenvalue weighted by molar-refractivity contribution is 5.82. The van der Waals surface area contributed by atoms with Gasteiger partial charge in [0.05, 0.1) is 6.54 Å². The van der Waals surface area contributed by atoms with Crippen LogP contribution in [-0.2, 0) is 11.2 Å². The molecule has 0 unspecified atom stereocenters. The SMILES string of the molecule is C=C(N)C1CCC(C)(F)CC1.C=C1N(CCC)CC(=O)N1CC.C=CCC1CCC1.NCCCc1ccccc1. The molecule has 1 aromatic rings. The summed E-state index contributed by atoms with van der Waals surface area (Å²) in [5.41, 5.74) is 12.1. The average molecular weight is 557 g/mol. The van der Waals surface area contributed by atoms with Gasteiger partial charge in [0.25, 0.3) is 0 Å². The van der Waals surface area contributed by atoms with Crippen molar-refractivity contribution >= 4 is 5.91 Å². The van der Waals surface area contributed by atoms with E-state index in [1.54, 1.807) is 11.8 Å². The first-order chi connectivity index (χ1) is 19.1. The number of nitrogens with zero attached hydrogens (tertiary/aromatic N) is 2. The predicted octanol–water partition coefficient (Wildman–Crippen LogP) is 7.35. The van der Waals surface area contributed by atoms with E-state index in [0.29, 0.717) is 25.3 Å². The van der Waals surface area contributed by atoms with E-state index in [4.69, 9.17) is 11.5 Å². The molecule has 1 heterocycles. The number of allylic oxidation sites excluding steroid dienone is 2. The molecule has 226 valence electrons. The van der Waals surface area contributed by atoms with Crippen molar-refractivity contribution in [3.05, 3.63) is 73.2 Å². The lowest BCUT2D eigenvalue weighted by atomic mass is 9.80. The number of carbonyl (C=O) groups excluding carboxylic acids is 1. The lowest BCUT2D eigenvalue weighted by molar-refractivity contribution is -0.125. The number of halogens is 1. The first kappa shape index (κ1) is 35.4. The van der Waals surface area contributed by atoms with E-state index < -0.39 is 5.67 Å². The predicted molar refractivity (Wildman–Crippen MR) is 169 cm³/mol. The molecule has 5 nitrogen and oxygen atoms in total. The van der Waals surface area contributed by atoms with Gasteiger partial charge in [0, 0.05) is 18.8 Å². The van der Waals surface area contributed by atoms with E-state index in [-0.39, 0.29) is 5.91 Å². The van der Waals surface area contributed by atoms with Crippen LogP contribution >= 0.6 is 0 Å². The smallest absolute Gasteiger partial charge is 0.247 e. The topological polar surface area (TPSA) is 75.6 Å². The van der Waals surface area contributed by atoms with E-state index in [2.05, 4.69) is 50.9 Å². The normalized spacial score (nSPS) is 22.1. The third kappa shape index (κ3) is 13.6. The van der Waals surface area contributed by atoms with Crippen LogP contribution in [-0.4, -0.2) is 47.6 Å². The number of alkyl halides is 1. The molecule has 3 aliphatic rings. The zero-order chi connectivity index (χ0) is 30.0. The van der Waals surface area contributed by atoms with Crippen LogP contribution < -0.4 is 11.5 Å². The maximum atomic E-state index is 13.2. The minimum atomic E-state index is -0.952. The molecule has 6 heteroatoms. The quantitative estimate of drug-likeness (QED) is 0.312. The fourth-order valence-corrected chi connectivity index (χ4v) is 5.00. The Balaban J connectivity index is 0.000000271. The van der Waals surface area contributed by atoms with Crippen LogP contribution in [0, 0.1) is 11.8 Å². The summed E-state index contributed by atoms with van der Waals surface area (Å²) in [5, 5.41) is 0. The molecule has 0 bridgehead atoms. The zero-order valence-electron chi connectivity index (χ0n) is 25.7. The minimum Gasteiger partial charge on any atom is -0.402 e. The second-order valence-electron chi connectivity index (χ2n) is 11.4. The van der Waals surface area contributed by atoms with Gasteiger partial charge in [-0.15, -0.1) is 6.58 Å². The Morgan fingerprint density at radius 3 is 2.17 bits per heavy atom. The van der Waals surface area contributed by atoms with Gasteiger partial charge in [-0.3, -0.25) is 9.69 Å². The highest BCUT2D eigenvalue weighted by atomic mass is 19.1. The fraction of sp³-hybridized carbons (Fsp3) is 0.618. The highest BCUT2D eigenvalue weighted by Crippen LogP contribution is 2.36. The van der Waals surface area contributed by atoms with Crippen LogP contribution in [0.5, 0.6) is 0 Å². The van der Waals surface area contributed by atoms with Crippen LogP contribution in [0.3, 0.4) is 0 Å². The second-order valence-corrected chi connectivity index (χ2v) is 11.4. The molecule has 2 aliphatic carbocycles. The lowest BCUT2D eigenvalue weighted by Crippen LogP contribution is -2.28. The Labute approximate surface area is 244 Å². The van der Waals surface area contributed by atoms with Gasteiger partial charge < -0.3 is 16.4 Å². The molecule has 0 spiro atoms. The summed E-state index contributed by atoms with van der Waals surface area (Å²) in [7, 11) is 0. The number of hydrogen-bond donors (Lipinski definition) is 2. The average Bonchev–Trinajstić information content (AvgIpc) is 3.18. The van der Waals surface area contributed by atoms with E-state index in [1.165, 1.54) is 31.2 Å². The molecule has 40 heavy (non-hydrogen) atoms. The summed E-state index contributed by atoms with van der Waals surface area (Å²) in [5.74, 6) is 2.41. The van der Waals surface area contributed by atoms with Gasteiger partial charge in [-0.1, -0.05) is 75.8 Å². The number of benzene rings is 1. The molecule has 0 aromatic heterocycles. The molecular formula is C34H57FN4O. The third-order valence-corrected chi connectivity index (χ3v) is 7.90. The molecule has 1 aliphatic heterocycles. The Kier molecular flexibility index (Phi) is 17.2. The summed E-state index contributed by atoms with van der Waals surface area (Å²) in [6, 6.07) is 10.4. The van der Waals surface area contributed by atoms with Gasteiger partial charge in [-0.05, 0) is 89.2 Å². The first-order valence-electron chi connectivity index (χ1n) is 15.3. The zero-order valence-corrected chi connectivity index (χ0v) is 25.7. The minimum absolute atomic E-state index is 0.177. The maximum absolute atomic E-state index is 13.2. The fourth-order valence-electron chi connectivity index (χ4n) is 5.00. The maximum Gasteiger partial charge on any atom is 0.247 e. The van der Waals surface area contributed by atoms with Gasteiger partial charge in [0.1, 0.15) is 11.5 Å². The molecule has 3 fully saturated rings. The van der Waals surface area contributed by atoms with Crippen molar-refractivity contribution < 1.29 is 9.18 Å². The van der Waals surface area contributed by atoms with Crippen LogP contribution in [0.2, 0.25) is 0 Å². The number of aryl methyl sites for hydroxylation is 1. The van der Waals surface area contributed by atoms with Gasteiger partial charge in [-0.2, -0.15) is 0 Å². The number of hydrogen-bond acceptors (Lipinski definition) is 4. The van der Waals surface area contributed by atoms with Crippen molar-refractivity contribution in [2.24, 2.45) is 23.3 Å². The molecule has 0 atom stereocenters. The molecular weight excluding hydrogens is 499 g/mol. The largest absolute Gasteiger partial charge is 0.402 e. The van der Waals surface area contributed by atoms with Crippen LogP contribution in [0.1, 0.15) is 90.5 Å². The highest BCUT2D eigenvalue weighted by Gasteiger charge is 2.31. The molecule has 0 radical (unpaired) electrons. The van der Waals surface area contributed by atoms with Crippen molar-refractivity contribution in [2.45, 2.75) is 97.1 Å². The Bertz CT molecular complexity index is 871. The van der Waals surface area contributed by atoms with Gasteiger partial charge >= 0.3 is 0 Å². The Morgan fingerprint density at radius 1 is 1.15 bits per heavy atom. The van der Waals surface area contributed by atoms with Gasteiger partial charge in [0.2, 0.25) is 5.91 Å². The molecule has 4 N–H and O–H groups in total. The molecule has 1 amide bonds. The summed E-state index contributed by atoms with van der Waals surface area (Å²) >= 11 is 0. The van der Waals surface area contributed by atoms with Gasteiger partial charge in [0.15, 0.2) is 0 Å². The van der Waals surface area contributed by atoms with E-state index in [1.807, 2.05) is 24.0 Å². The number of carbonyl (C=O) groups is 1. The molecule has 1 aromatic carbocycles. The van der Waals surface area contributed by atoms with E-state index in [9.17, 15) is 9.18 Å². The van der Waals surface area contributed by atoms with Crippen LogP contribution in [0.15, 0.2) is 67.7 Å². The van der Waals surface area contributed by atoms with Crippen molar-refractivity contribution in [2.75, 3.05) is 26.2 Å². The van der Waals surface area contributed by atoms with E-state index in [0.717, 1.165) is 69.2 Å². The third-order valence-electron chi connectivity index (χ3n) is 7.90. The Morgan fingerprint density at radius 2 is 1.77 bits per heavy atom. The Hall–Kier alpha value is -2.60. The van der Waals surface area contributed by atoms with Gasteiger partial charge in [-0.25, -0.2) is 4.39 Å². The van der Waals surface area contributed by atoms with Crippen LogP contribution in [0.25, 0.3) is 0 Å². The monoisotopic (exact) mass is 556 g/mol. The van der Waals surface area contributed by atoms with E-state index >= 15 is 0 Å². The molecule has 2 saturated carbocycles. The number of nitrogens with two attached hydrogens (primary N) is 2. The number of amides is 1. The lowest BCUT2D eigenvalue weighted by Gasteiger charge is -2.30. The van der Waals surface area contributed by atoms with Crippen LogP contribution in [0.4, 0.5) is 4.39 Å². The first-order valence-corrected chi connectivity index (χ1v) is 15.3. The number of likely N-dealkylation sites (N-methyl/N-ethyl adjacent to an activating group) is 1. The molecule has 1 saturated heterocycles. The second kappa shape index (κ2) is 19.5. The van der Waals surface area contributed by atoms with Crippen molar-refractivity contribution in [1.82, 2.24) is 9.80 Å². The van der Waals surface area contributed by atoms with Crippen molar-refractivity contribution in [3.8, 4) is 0 Å². The van der Waals surface area contributed by atoms with Crippen molar-refractivity contribution in [1.29, 1.82) is 0 Å². The summed E-state index contributed by atoms with van der Waals surface area (Å²) in [6.07, 6.45) is 13.9. The molecule has 4 rings (SSSR count).